The Hall–Kier alpha value is -2.64. The lowest BCUT2D eigenvalue weighted by molar-refractivity contribution is -0.275. The van der Waals surface area contributed by atoms with E-state index in [0.29, 0.717) is 0 Å². The summed E-state index contributed by atoms with van der Waals surface area (Å²) in [6.07, 6.45) is -3.82. The van der Waals surface area contributed by atoms with Gasteiger partial charge < -0.3 is 19.0 Å². The Balaban J connectivity index is 2.07. The monoisotopic (exact) mass is 302 g/mol. The zero-order chi connectivity index (χ0) is 15.5. The first kappa shape index (κ1) is 14.8. The number of ether oxygens (including phenoxy) is 2. The minimum atomic E-state index is -4.83. The zero-order valence-electron chi connectivity index (χ0n) is 10.4. The van der Waals surface area contributed by atoms with Gasteiger partial charge in [0.25, 0.3) is 0 Å². The molecule has 0 saturated heterocycles. The summed E-state index contributed by atoms with van der Waals surface area (Å²) in [5.74, 6) is -1.64. The Labute approximate surface area is 116 Å². The summed E-state index contributed by atoms with van der Waals surface area (Å²) < 4.78 is 50.5. The van der Waals surface area contributed by atoms with E-state index in [1.54, 1.807) is 0 Å². The van der Waals surface area contributed by atoms with Gasteiger partial charge in [-0.25, -0.2) is 4.79 Å². The topological polar surface area (TPSA) is 68.9 Å². The third kappa shape index (κ3) is 4.16. The van der Waals surface area contributed by atoms with Crippen molar-refractivity contribution in [3.8, 4) is 11.5 Å². The van der Waals surface area contributed by atoms with Crippen LogP contribution in [0, 0.1) is 0 Å². The van der Waals surface area contributed by atoms with Crippen LogP contribution in [0.5, 0.6) is 11.5 Å². The number of benzene rings is 1. The van der Waals surface area contributed by atoms with Gasteiger partial charge in [-0.05, 0) is 18.2 Å². The number of hydrogen-bond donors (Lipinski definition) is 1. The Morgan fingerprint density at radius 1 is 1.24 bits per heavy atom. The largest absolute Gasteiger partial charge is 0.573 e. The van der Waals surface area contributed by atoms with Crippen molar-refractivity contribution < 1.29 is 37.0 Å². The highest BCUT2D eigenvalue weighted by Gasteiger charge is 2.32. The van der Waals surface area contributed by atoms with Crippen LogP contribution in [0.25, 0.3) is 0 Å². The minimum absolute atomic E-state index is 0.0755. The quantitative estimate of drug-likeness (QED) is 0.916. The Morgan fingerprint density at radius 2 is 1.90 bits per heavy atom. The van der Waals surface area contributed by atoms with Crippen molar-refractivity contribution >= 4 is 5.97 Å². The molecule has 0 amide bonds. The maximum absolute atomic E-state index is 12.2. The molecule has 1 aromatic carbocycles. The lowest BCUT2D eigenvalue weighted by Gasteiger charge is -2.13. The predicted octanol–water partition coefficient (Wildman–Crippen LogP) is 3.46. The van der Waals surface area contributed by atoms with Crippen molar-refractivity contribution in [2.45, 2.75) is 13.0 Å². The van der Waals surface area contributed by atoms with Crippen molar-refractivity contribution in [2.75, 3.05) is 0 Å². The van der Waals surface area contributed by atoms with E-state index in [1.165, 1.54) is 24.3 Å². The lowest BCUT2D eigenvalue weighted by Crippen LogP contribution is -2.17. The third-order valence-electron chi connectivity index (χ3n) is 2.35. The molecule has 0 bridgehead atoms. The van der Waals surface area contributed by atoms with Crippen LogP contribution in [-0.2, 0) is 6.61 Å². The molecule has 1 aromatic heterocycles. The summed E-state index contributed by atoms with van der Waals surface area (Å²) in [5, 5.41) is 8.71. The molecule has 0 spiro atoms. The smallest absolute Gasteiger partial charge is 0.482 e. The van der Waals surface area contributed by atoms with Crippen LogP contribution in [0.15, 0.2) is 41.0 Å². The Morgan fingerprint density at radius 3 is 2.48 bits per heavy atom. The van der Waals surface area contributed by atoms with E-state index < -0.39 is 18.1 Å². The number of carboxylic acids is 1. The van der Waals surface area contributed by atoms with Gasteiger partial charge in [0.2, 0.25) is 0 Å². The number of rotatable bonds is 5. The molecule has 0 unspecified atom stereocenters. The number of hydrogen-bond acceptors (Lipinski definition) is 4. The number of furan rings is 1. The van der Waals surface area contributed by atoms with E-state index in [2.05, 4.69) is 4.74 Å². The van der Waals surface area contributed by atoms with Crippen LogP contribution in [0.2, 0.25) is 0 Å². The molecule has 0 radical (unpaired) electrons. The molecule has 21 heavy (non-hydrogen) atoms. The summed E-state index contributed by atoms with van der Waals surface area (Å²) in [5.41, 5.74) is -0.0755. The first-order valence-corrected chi connectivity index (χ1v) is 5.63. The van der Waals surface area contributed by atoms with Crippen molar-refractivity contribution in [1.29, 1.82) is 0 Å². The number of aromatic carboxylic acids is 1. The molecule has 1 heterocycles. The van der Waals surface area contributed by atoms with Crippen LogP contribution in [0.4, 0.5) is 13.2 Å². The second-order valence-electron chi connectivity index (χ2n) is 3.89. The van der Waals surface area contributed by atoms with Gasteiger partial charge in [-0.3, -0.25) is 0 Å². The first-order valence-electron chi connectivity index (χ1n) is 5.63. The predicted molar refractivity (Wildman–Crippen MR) is 63.1 cm³/mol. The van der Waals surface area contributed by atoms with E-state index in [-0.39, 0.29) is 23.7 Å². The number of carbonyl (C=O) groups is 1. The van der Waals surface area contributed by atoms with E-state index in [1.807, 2.05) is 0 Å². The molecule has 1 N–H and O–H groups in total. The molecule has 0 aliphatic rings. The maximum atomic E-state index is 12.2. The SMILES string of the molecule is O=C(O)c1coc(COc2ccccc2OC(F)(F)F)c1. The maximum Gasteiger partial charge on any atom is 0.573 e. The van der Waals surface area contributed by atoms with Gasteiger partial charge in [-0.2, -0.15) is 0 Å². The van der Waals surface area contributed by atoms with Crippen LogP contribution >= 0.6 is 0 Å². The van der Waals surface area contributed by atoms with E-state index in [0.717, 1.165) is 12.3 Å². The minimum Gasteiger partial charge on any atom is -0.482 e. The average molecular weight is 302 g/mol. The third-order valence-corrected chi connectivity index (χ3v) is 2.35. The summed E-state index contributed by atoms with van der Waals surface area (Å²) in [4.78, 5) is 10.7. The standard InChI is InChI=1S/C13H9F3O5/c14-13(15,16)21-11-4-2-1-3-10(11)20-7-9-5-8(6-19-9)12(17)18/h1-6H,7H2,(H,17,18). The highest BCUT2D eigenvalue weighted by atomic mass is 19.4. The molecule has 0 fully saturated rings. The van der Waals surface area contributed by atoms with E-state index in [9.17, 15) is 18.0 Å². The molecule has 112 valence electrons. The Kier molecular flexibility index (Phi) is 4.06. The first-order chi connectivity index (χ1) is 9.85. The zero-order valence-corrected chi connectivity index (χ0v) is 10.4. The van der Waals surface area contributed by atoms with Gasteiger partial charge in [-0.1, -0.05) is 12.1 Å². The van der Waals surface area contributed by atoms with Crippen molar-refractivity contribution in [3.05, 3.63) is 47.9 Å². The molecule has 5 nitrogen and oxygen atoms in total. The normalized spacial score (nSPS) is 11.2. The number of para-hydroxylation sites is 2. The van der Waals surface area contributed by atoms with Gasteiger partial charge in [0, 0.05) is 0 Å². The molecule has 0 atom stereocenters. The molecule has 0 saturated carbocycles. The van der Waals surface area contributed by atoms with Gasteiger partial charge in [0.05, 0.1) is 5.56 Å². The fourth-order valence-corrected chi connectivity index (χ4v) is 1.50. The molecule has 8 heteroatoms. The Bertz CT molecular complexity index is 633. The molecular weight excluding hydrogens is 293 g/mol. The summed E-state index contributed by atoms with van der Waals surface area (Å²) >= 11 is 0. The van der Waals surface area contributed by atoms with Crippen LogP contribution in [0.1, 0.15) is 16.1 Å². The molecule has 0 aliphatic carbocycles. The van der Waals surface area contributed by atoms with E-state index >= 15 is 0 Å². The summed E-state index contributed by atoms with van der Waals surface area (Å²) in [6, 6.07) is 6.46. The average Bonchev–Trinajstić information content (AvgIpc) is 2.85. The number of alkyl halides is 3. The van der Waals surface area contributed by atoms with Crippen molar-refractivity contribution in [2.24, 2.45) is 0 Å². The molecular formula is C13H9F3O5. The highest BCUT2D eigenvalue weighted by molar-refractivity contribution is 5.87. The molecule has 2 rings (SSSR count). The van der Waals surface area contributed by atoms with Gasteiger partial charge in [0.15, 0.2) is 11.5 Å². The van der Waals surface area contributed by atoms with Gasteiger partial charge >= 0.3 is 12.3 Å². The molecule has 2 aromatic rings. The summed E-state index contributed by atoms with van der Waals surface area (Å²) in [6.45, 7) is -0.231. The molecule has 0 aliphatic heterocycles. The highest BCUT2D eigenvalue weighted by Crippen LogP contribution is 2.32. The fraction of sp³-hybridized carbons (Fsp3) is 0.154. The lowest BCUT2D eigenvalue weighted by atomic mass is 10.3. The number of carboxylic acid groups (broad SMARTS) is 1. The van der Waals surface area contributed by atoms with E-state index in [4.69, 9.17) is 14.3 Å². The fourth-order valence-electron chi connectivity index (χ4n) is 1.50. The van der Waals surface area contributed by atoms with Gasteiger partial charge in [-0.15, -0.1) is 13.2 Å². The van der Waals surface area contributed by atoms with Crippen molar-refractivity contribution in [1.82, 2.24) is 0 Å². The summed E-state index contributed by atoms with van der Waals surface area (Å²) in [7, 11) is 0. The number of halogens is 3. The second kappa shape index (κ2) is 5.78. The van der Waals surface area contributed by atoms with Crippen molar-refractivity contribution in [3.63, 3.8) is 0 Å². The second-order valence-corrected chi connectivity index (χ2v) is 3.89. The van der Waals surface area contributed by atoms with Crippen LogP contribution in [-0.4, -0.2) is 17.4 Å². The van der Waals surface area contributed by atoms with Crippen LogP contribution in [0.3, 0.4) is 0 Å². The van der Waals surface area contributed by atoms with Gasteiger partial charge in [0.1, 0.15) is 18.6 Å². The van der Waals surface area contributed by atoms with Crippen LogP contribution < -0.4 is 9.47 Å².